The average Bonchev–Trinajstić information content (AvgIpc) is 3.11. The van der Waals surface area contributed by atoms with Crippen LogP contribution in [0.4, 0.5) is 14.9 Å². The average molecular weight is 433 g/mol. The molecule has 0 saturated carbocycles. The summed E-state index contributed by atoms with van der Waals surface area (Å²) in [6, 6.07) is 4.06. The van der Waals surface area contributed by atoms with E-state index in [0.29, 0.717) is 24.2 Å². The number of carbonyl (C=O) groups excluding carboxylic acids is 4. The van der Waals surface area contributed by atoms with Crippen LogP contribution in [0.25, 0.3) is 5.57 Å². The molecule has 2 heterocycles. The molecule has 2 aliphatic rings. The second-order valence-corrected chi connectivity index (χ2v) is 7.30. The van der Waals surface area contributed by atoms with Crippen molar-refractivity contribution in [1.82, 2.24) is 10.2 Å². The molecule has 3 amide bonds. The lowest BCUT2D eigenvalue weighted by Gasteiger charge is -2.27. The fourth-order valence-electron chi connectivity index (χ4n) is 3.50. The molecule has 0 spiro atoms. The van der Waals surface area contributed by atoms with E-state index >= 15 is 0 Å². The van der Waals surface area contributed by atoms with Gasteiger partial charge in [0.25, 0.3) is 5.91 Å². The Kier molecular flexibility index (Phi) is 6.88. The second kappa shape index (κ2) is 9.59. The van der Waals surface area contributed by atoms with Gasteiger partial charge < -0.3 is 19.7 Å². The molecule has 1 aromatic rings. The van der Waals surface area contributed by atoms with Crippen molar-refractivity contribution in [2.75, 3.05) is 37.7 Å². The lowest BCUT2D eigenvalue weighted by molar-refractivity contribution is -0.150. The van der Waals surface area contributed by atoms with Crippen molar-refractivity contribution in [1.29, 1.82) is 0 Å². The molecule has 0 aromatic heterocycles. The fraction of sp³-hybridized carbons (Fsp3) is 0.429. The highest BCUT2D eigenvalue weighted by Crippen LogP contribution is 2.30. The van der Waals surface area contributed by atoms with E-state index in [1.165, 1.54) is 29.7 Å². The van der Waals surface area contributed by atoms with Gasteiger partial charge in [0.05, 0.1) is 11.7 Å². The number of anilines is 1. The third-order valence-corrected chi connectivity index (χ3v) is 5.09. The summed E-state index contributed by atoms with van der Waals surface area (Å²) in [6.45, 7) is 3.26. The van der Waals surface area contributed by atoms with Crippen molar-refractivity contribution in [2.24, 2.45) is 0 Å². The van der Waals surface area contributed by atoms with Crippen LogP contribution in [0, 0.1) is 5.82 Å². The zero-order chi connectivity index (χ0) is 22.5. The molecular formula is C21H24FN3O6. The Morgan fingerprint density at radius 3 is 2.68 bits per heavy atom. The minimum absolute atomic E-state index is 0.102. The SMILES string of the molecule is CC(=O)NC[C@H]1COC(=O)N1c1ccc(C2=CCN(C(=O)COC(C)=O)CC2)c(F)c1. The molecule has 0 radical (unpaired) electrons. The smallest absolute Gasteiger partial charge is 0.414 e. The van der Waals surface area contributed by atoms with Gasteiger partial charge in [-0.15, -0.1) is 0 Å². The van der Waals surface area contributed by atoms with Gasteiger partial charge in [-0.1, -0.05) is 6.08 Å². The Hall–Kier alpha value is -3.43. The highest BCUT2D eigenvalue weighted by molar-refractivity contribution is 5.91. The molecule has 2 aliphatic heterocycles. The van der Waals surface area contributed by atoms with E-state index in [-0.39, 0.29) is 38.1 Å². The zero-order valence-electron chi connectivity index (χ0n) is 17.4. The summed E-state index contributed by atoms with van der Waals surface area (Å²) in [5, 5.41) is 2.64. The molecule has 1 fully saturated rings. The van der Waals surface area contributed by atoms with Gasteiger partial charge in [-0.25, -0.2) is 9.18 Å². The number of carbonyl (C=O) groups is 4. The number of hydrogen-bond acceptors (Lipinski definition) is 6. The molecule has 1 saturated heterocycles. The zero-order valence-corrected chi connectivity index (χ0v) is 17.4. The largest absolute Gasteiger partial charge is 0.456 e. The number of cyclic esters (lactones) is 1. The van der Waals surface area contributed by atoms with E-state index in [2.05, 4.69) is 5.32 Å². The maximum atomic E-state index is 14.9. The first-order valence-corrected chi connectivity index (χ1v) is 9.86. The van der Waals surface area contributed by atoms with Crippen molar-refractivity contribution in [2.45, 2.75) is 26.3 Å². The summed E-state index contributed by atoms with van der Waals surface area (Å²) in [7, 11) is 0. The topological polar surface area (TPSA) is 105 Å². The fourth-order valence-corrected chi connectivity index (χ4v) is 3.50. The predicted octanol–water partition coefficient (Wildman–Crippen LogP) is 1.47. The highest BCUT2D eigenvalue weighted by atomic mass is 19.1. The van der Waals surface area contributed by atoms with E-state index in [9.17, 15) is 23.6 Å². The van der Waals surface area contributed by atoms with Gasteiger partial charge in [0.2, 0.25) is 5.91 Å². The van der Waals surface area contributed by atoms with Crippen LogP contribution in [0.5, 0.6) is 0 Å². The van der Waals surface area contributed by atoms with Crippen molar-refractivity contribution in [3.05, 3.63) is 35.7 Å². The summed E-state index contributed by atoms with van der Waals surface area (Å²) in [6.07, 6.45) is 1.61. The Morgan fingerprint density at radius 1 is 1.29 bits per heavy atom. The molecule has 10 heteroatoms. The lowest BCUT2D eigenvalue weighted by Crippen LogP contribution is -2.42. The minimum atomic E-state index is -0.596. The second-order valence-electron chi connectivity index (χ2n) is 7.30. The van der Waals surface area contributed by atoms with Crippen molar-refractivity contribution >= 4 is 35.1 Å². The molecule has 166 valence electrons. The summed E-state index contributed by atoms with van der Waals surface area (Å²) >= 11 is 0. The number of hydrogen-bond donors (Lipinski definition) is 1. The molecule has 0 aliphatic carbocycles. The molecule has 1 atom stereocenters. The Labute approximate surface area is 178 Å². The summed E-state index contributed by atoms with van der Waals surface area (Å²) < 4.78 is 24.7. The van der Waals surface area contributed by atoms with Crippen LogP contribution >= 0.6 is 0 Å². The molecular weight excluding hydrogens is 409 g/mol. The monoisotopic (exact) mass is 433 g/mol. The molecule has 1 aromatic carbocycles. The first-order valence-electron chi connectivity index (χ1n) is 9.86. The first-order chi connectivity index (χ1) is 14.8. The van der Waals surface area contributed by atoms with Crippen LogP contribution in [-0.4, -0.2) is 67.7 Å². The van der Waals surface area contributed by atoms with Crippen LogP contribution in [0.15, 0.2) is 24.3 Å². The minimum Gasteiger partial charge on any atom is -0.456 e. The van der Waals surface area contributed by atoms with Gasteiger partial charge in [0.1, 0.15) is 12.4 Å². The van der Waals surface area contributed by atoms with Gasteiger partial charge >= 0.3 is 12.1 Å². The van der Waals surface area contributed by atoms with Crippen LogP contribution < -0.4 is 10.2 Å². The third-order valence-electron chi connectivity index (χ3n) is 5.09. The molecule has 9 nitrogen and oxygen atoms in total. The summed E-state index contributed by atoms with van der Waals surface area (Å²) in [4.78, 5) is 49.0. The Bertz CT molecular complexity index is 932. The standard InChI is InChI=1S/C21H24FN3O6/c1-13(26)23-10-17-11-31-21(29)25(17)16-3-4-18(19(22)9-16)15-5-7-24(8-6-15)20(28)12-30-14(2)27/h3-5,9,17H,6-8,10-12H2,1-2H3,(H,23,26)/t17-/m0/s1. The van der Waals surface area contributed by atoms with Crippen molar-refractivity contribution < 1.29 is 33.0 Å². The van der Waals surface area contributed by atoms with E-state index in [0.717, 1.165) is 5.57 Å². The Morgan fingerprint density at radius 2 is 2.06 bits per heavy atom. The summed E-state index contributed by atoms with van der Waals surface area (Å²) in [5.41, 5.74) is 1.48. The molecule has 1 N–H and O–H groups in total. The van der Waals surface area contributed by atoms with E-state index in [1.807, 2.05) is 0 Å². The lowest BCUT2D eigenvalue weighted by atomic mass is 9.98. The molecule has 0 bridgehead atoms. The van der Waals surface area contributed by atoms with Crippen LogP contribution in [-0.2, 0) is 23.9 Å². The van der Waals surface area contributed by atoms with E-state index in [1.54, 1.807) is 18.2 Å². The number of halogens is 1. The maximum Gasteiger partial charge on any atom is 0.414 e. The van der Waals surface area contributed by atoms with Gasteiger partial charge in [0, 0.05) is 39.0 Å². The number of amides is 3. The van der Waals surface area contributed by atoms with Gasteiger partial charge in [-0.05, 0) is 30.2 Å². The third kappa shape index (κ3) is 5.39. The maximum absolute atomic E-state index is 14.9. The Balaban J connectivity index is 1.69. The normalized spacial score (nSPS) is 18.4. The van der Waals surface area contributed by atoms with Crippen molar-refractivity contribution in [3.63, 3.8) is 0 Å². The predicted molar refractivity (Wildman–Crippen MR) is 109 cm³/mol. The number of nitrogens with one attached hydrogen (secondary N) is 1. The molecule has 31 heavy (non-hydrogen) atoms. The number of nitrogens with zero attached hydrogens (tertiary/aromatic N) is 2. The van der Waals surface area contributed by atoms with Crippen LogP contribution in [0.1, 0.15) is 25.8 Å². The van der Waals surface area contributed by atoms with Gasteiger partial charge in [0.15, 0.2) is 6.61 Å². The number of ether oxygens (including phenoxy) is 2. The molecule has 3 rings (SSSR count). The van der Waals surface area contributed by atoms with Gasteiger partial charge in [-0.3, -0.25) is 19.3 Å². The number of esters is 1. The number of rotatable bonds is 6. The van der Waals surface area contributed by atoms with Crippen LogP contribution in [0.2, 0.25) is 0 Å². The summed E-state index contributed by atoms with van der Waals surface area (Å²) in [5.74, 6) is -1.56. The highest BCUT2D eigenvalue weighted by Gasteiger charge is 2.34. The number of benzene rings is 1. The van der Waals surface area contributed by atoms with E-state index < -0.39 is 23.9 Å². The van der Waals surface area contributed by atoms with E-state index in [4.69, 9.17) is 9.47 Å². The van der Waals surface area contributed by atoms with Crippen molar-refractivity contribution in [3.8, 4) is 0 Å². The van der Waals surface area contributed by atoms with Crippen LogP contribution in [0.3, 0.4) is 0 Å². The first kappa shape index (κ1) is 22.3. The molecule has 0 unspecified atom stereocenters. The van der Waals surface area contributed by atoms with Gasteiger partial charge in [-0.2, -0.15) is 0 Å². The quantitative estimate of drug-likeness (QED) is 0.681.